The highest BCUT2D eigenvalue weighted by Crippen LogP contribution is 2.03. The van der Waals surface area contributed by atoms with E-state index in [1.54, 1.807) is 0 Å². The lowest BCUT2D eigenvalue weighted by Gasteiger charge is -2.30. The van der Waals surface area contributed by atoms with Gasteiger partial charge >= 0.3 is 0 Å². The van der Waals surface area contributed by atoms with Crippen molar-refractivity contribution < 1.29 is 8.42 Å². The lowest BCUT2D eigenvalue weighted by molar-refractivity contribution is 0.179. The summed E-state index contributed by atoms with van der Waals surface area (Å²) < 4.78 is 26.0. The smallest absolute Gasteiger partial charge is 0.212 e. The second-order valence-corrected chi connectivity index (χ2v) is 6.92. The summed E-state index contributed by atoms with van der Waals surface area (Å²) in [4.78, 5) is 2.27. The van der Waals surface area contributed by atoms with Crippen molar-refractivity contribution in [2.75, 3.05) is 31.9 Å². The predicted molar refractivity (Wildman–Crippen MR) is 77.3 cm³/mol. The van der Waals surface area contributed by atoms with Crippen LogP contribution >= 0.6 is 0 Å². The van der Waals surface area contributed by atoms with Crippen molar-refractivity contribution in [2.45, 2.75) is 46.7 Å². The van der Waals surface area contributed by atoms with E-state index >= 15 is 0 Å². The van der Waals surface area contributed by atoms with Gasteiger partial charge in [0.1, 0.15) is 0 Å². The van der Waals surface area contributed by atoms with Gasteiger partial charge in [0.15, 0.2) is 0 Å². The highest BCUT2D eigenvalue weighted by molar-refractivity contribution is 7.89. The molecule has 0 spiro atoms. The first-order valence-electron chi connectivity index (χ1n) is 6.74. The van der Waals surface area contributed by atoms with Crippen LogP contribution in [0.1, 0.15) is 34.6 Å². The maximum Gasteiger partial charge on any atom is 0.212 e. The quantitative estimate of drug-likeness (QED) is 0.576. The summed E-state index contributed by atoms with van der Waals surface area (Å²) in [5.74, 6) is 0.143. The van der Waals surface area contributed by atoms with E-state index in [4.69, 9.17) is 0 Å². The molecule has 0 unspecified atom stereocenters. The van der Waals surface area contributed by atoms with Gasteiger partial charge < -0.3 is 5.32 Å². The van der Waals surface area contributed by atoms with Crippen molar-refractivity contribution in [3.63, 3.8) is 0 Å². The molecule has 0 heterocycles. The van der Waals surface area contributed by atoms with Crippen LogP contribution in [0.2, 0.25) is 0 Å². The molecule has 18 heavy (non-hydrogen) atoms. The molecule has 0 saturated heterocycles. The van der Waals surface area contributed by atoms with Gasteiger partial charge in [-0.3, -0.25) is 4.90 Å². The minimum atomic E-state index is -3.14. The summed E-state index contributed by atoms with van der Waals surface area (Å²) in [6.07, 6.45) is 0. The molecular formula is C12H29N3O2S. The third kappa shape index (κ3) is 8.02. The van der Waals surface area contributed by atoms with Crippen molar-refractivity contribution in [3.8, 4) is 0 Å². The van der Waals surface area contributed by atoms with Gasteiger partial charge in [0.05, 0.1) is 5.75 Å². The van der Waals surface area contributed by atoms with E-state index in [0.29, 0.717) is 25.2 Å². The number of nitrogens with zero attached hydrogens (tertiary/aromatic N) is 1. The van der Waals surface area contributed by atoms with Crippen LogP contribution in [0, 0.1) is 0 Å². The molecule has 0 bridgehead atoms. The number of hydrogen-bond donors (Lipinski definition) is 2. The third-order valence-corrected chi connectivity index (χ3v) is 4.20. The van der Waals surface area contributed by atoms with Gasteiger partial charge in [0.2, 0.25) is 10.0 Å². The number of sulfonamides is 1. The van der Waals surface area contributed by atoms with E-state index in [-0.39, 0.29) is 5.75 Å². The van der Waals surface area contributed by atoms with Crippen molar-refractivity contribution in [1.29, 1.82) is 0 Å². The Morgan fingerprint density at radius 1 is 1.06 bits per heavy atom. The summed E-state index contributed by atoms with van der Waals surface area (Å²) >= 11 is 0. The molecule has 0 aromatic carbocycles. The number of rotatable bonds is 10. The standard InChI is InChI=1S/C12H29N3O2S/c1-6-13-8-10-18(16,17)14-7-9-15(11(2)3)12(4)5/h11-14H,6-10H2,1-5H3. The van der Waals surface area contributed by atoms with E-state index < -0.39 is 10.0 Å². The maximum atomic E-state index is 11.7. The van der Waals surface area contributed by atoms with Gasteiger partial charge in [-0.1, -0.05) is 6.92 Å². The van der Waals surface area contributed by atoms with Gasteiger partial charge in [0, 0.05) is 31.7 Å². The molecule has 0 amide bonds. The molecule has 0 atom stereocenters. The lowest BCUT2D eigenvalue weighted by atomic mass is 10.2. The van der Waals surface area contributed by atoms with Gasteiger partial charge in [-0.2, -0.15) is 0 Å². The van der Waals surface area contributed by atoms with E-state index in [1.165, 1.54) is 0 Å². The first kappa shape index (κ1) is 17.8. The molecule has 0 aromatic rings. The summed E-state index contributed by atoms with van der Waals surface area (Å²) in [6, 6.07) is 0.854. The van der Waals surface area contributed by atoms with Crippen molar-refractivity contribution in [3.05, 3.63) is 0 Å². The van der Waals surface area contributed by atoms with Crippen molar-refractivity contribution in [2.24, 2.45) is 0 Å². The normalized spacial score (nSPS) is 12.9. The van der Waals surface area contributed by atoms with Crippen molar-refractivity contribution in [1.82, 2.24) is 14.9 Å². The maximum absolute atomic E-state index is 11.7. The zero-order valence-electron chi connectivity index (χ0n) is 12.4. The Kier molecular flexibility index (Phi) is 8.77. The molecule has 0 fully saturated rings. The van der Waals surface area contributed by atoms with Crippen LogP contribution < -0.4 is 10.0 Å². The first-order chi connectivity index (χ1) is 8.30. The van der Waals surface area contributed by atoms with E-state index in [0.717, 1.165) is 13.1 Å². The minimum absolute atomic E-state index is 0.143. The Morgan fingerprint density at radius 2 is 1.61 bits per heavy atom. The molecular weight excluding hydrogens is 250 g/mol. The van der Waals surface area contributed by atoms with Gasteiger partial charge in [-0.15, -0.1) is 0 Å². The Bertz CT molecular complexity index is 294. The van der Waals surface area contributed by atoms with Crippen LogP contribution in [0.25, 0.3) is 0 Å². The fourth-order valence-electron chi connectivity index (χ4n) is 1.90. The molecule has 0 rings (SSSR count). The van der Waals surface area contributed by atoms with E-state index in [9.17, 15) is 8.42 Å². The molecule has 2 N–H and O–H groups in total. The Labute approximate surface area is 112 Å². The summed E-state index contributed by atoms with van der Waals surface area (Å²) in [5, 5.41) is 3.01. The van der Waals surface area contributed by atoms with Crippen LogP contribution in [0.3, 0.4) is 0 Å². The van der Waals surface area contributed by atoms with E-state index in [2.05, 4.69) is 42.6 Å². The third-order valence-electron chi connectivity index (χ3n) is 2.82. The van der Waals surface area contributed by atoms with Gasteiger partial charge in [0.25, 0.3) is 0 Å². The number of hydrogen-bond acceptors (Lipinski definition) is 4. The Balaban J connectivity index is 4.01. The second-order valence-electron chi connectivity index (χ2n) is 4.99. The fourth-order valence-corrected chi connectivity index (χ4v) is 2.86. The summed E-state index contributed by atoms with van der Waals surface area (Å²) in [5.41, 5.74) is 0. The van der Waals surface area contributed by atoms with E-state index in [1.807, 2.05) is 6.92 Å². The summed E-state index contributed by atoms with van der Waals surface area (Å²) in [6.45, 7) is 13.0. The average Bonchev–Trinajstić information content (AvgIpc) is 2.23. The first-order valence-corrected chi connectivity index (χ1v) is 8.39. The van der Waals surface area contributed by atoms with Gasteiger partial charge in [-0.05, 0) is 34.2 Å². The van der Waals surface area contributed by atoms with Crippen LogP contribution in [0.5, 0.6) is 0 Å². The number of nitrogens with one attached hydrogen (secondary N) is 2. The monoisotopic (exact) mass is 279 g/mol. The fraction of sp³-hybridized carbons (Fsp3) is 1.00. The highest BCUT2D eigenvalue weighted by Gasteiger charge is 2.14. The molecule has 0 aliphatic rings. The van der Waals surface area contributed by atoms with Crippen LogP contribution in [-0.4, -0.2) is 57.3 Å². The predicted octanol–water partition coefficient (Wildman–Crippen LogP) is 0.634. The zero-order chi connectivity index (χ0) is 14.2. The minimum Gasteiger partial charge on any atom is -0.316 e. The topological polar surface area (TPSA) is 61.4 Å². The van der Waals surface area contributed by atoms with Crippen LogP contribution in [-0.2, 0) is 10.0 Å². The highest BCUT2D eigenvalue weighted by atomic mass is 32.2. The molecule has 0 aliphatic carbocycles. The Hall–Kier alpha value is -0.170. The SMILES string of the molecule is CCNCCS(=O)(=O)NCCN(C(C)C)C(C)C. The lowest BCUT2D eigenvalue weighted by Crippen LogP contribution is -2.43. The Morgan fingerprint density at radius 3 is 2.06 bits per heavy atom. The molecule has 0 radical (unpaired) electrons. The molecule has 110 valence electrons. The molecule has 0 saturated carbocycles. The molecule has 0 aliphatic heterocycles. The molecule has 5 nitrogen and oxygen atoms in total. The van der Waals surface area contributed by atoms with Gasteiger partial charge in [-0.25, -0.2) is 13.1 Å². The average molecular weight is 279 g/mol. The second kappa shape index (κ2) is 8.85. The van der Waals surface area contributed by atoms with Crippen LogP contribution in [0.15, 0.2) is 0 Å². The zero-order valence-corrected chi connectivity index (χ0v) is 13.2. The van der Waals surface area contributed by atoms with Crippen molar-refractivity contribution >= 4 is 10.0 Å². The largest absolute Gasteiger partial charge is 0.316 e. The molecule has 0 aromatic heterocycles. The summed E-state index contributed by atoms with van der Waals surface area (Å²) in [7, 11) is -3.14. The molecule has 6 heteroatoms. The van der Waals surface area contributed by atoms with Crippen LogP contribution in [0.4, 0.5) is 0 Å².